The number of hydrogen-bond acceptors (Lipinski definition) is 5. The van der Waals surface area contributed by atoms with Crippen molar-refractivity contribution < 1.29 is 27.9 Å². The predicted octanol–water partition coefficient (Wildman–Crippen LogP) is 4.39. The molecule has 4 atom stereocenters. The van der Waals surface area contributed by atoms with Gasteiger partial charge in [-0.2, -0.15) is 0 Å². The first-order valence-electron chi connectivity index (χ1n) is 14.5. The van der Waals surface area contributed by atoms with Gasteiger partial charge in [-0.15, -0.1) is 0 Å². The first-order chi connectivity index (χ1) is 20.2. The number of rotatable bonds is 7. The lowest BCUT2D eigenvalue weighted by Gasteiger charge is -2.44. The molecule has 3 aromatic carbocycles. The number of carbonyl (C=O) groups excluding carboxylic acids is 3. The molecule has 5 rings (SSSR count). The van der Waals surface area contributed by atoms with Gasteiger partial charge in [-0.1, -0.05) is 55.5 Å². The molecule has 0 bridgehead atoms. The van der Waals surface area contributed by atoms with Gasteiger partial charge in [0, 0.05) is 57.7 Å². The summed E-state index contributed by atoms with van der Waals surface area (Å²) >= 11 is 0. The molecule has 2 fully saturated rings. The van der Waals surface area contributed by atoms with Crippen LogP contribution in [0.1, 0.15) is 37.3 Å². The first kappa shape index (κ1) is 29.6. The van der Waals surface area contributed by atoms with Crippen LogP contribution in [0.5, 0.6) is 0 Å². The highest BCUT2D eigenvalue weighted by molar-refractivity contribution is 5.84. The number of fused-ring (bicyclic) bond motifs is 1. The lowest BCUT2D eigenvalue weighted by molar-refractivity contribution is -0.150. The summed E-state index contributed by atoms with van der Waals surface area (Å²) in [5, 5.41) is 2.23. The van der Waals surface area contributed by atoms with Gasteiger partial charge in [0.15, 0.2) is 0 Å². The van der Waals surface area contributed by atoms with E-state index >= 15 is 0 Å². The molecule has 222 valence electrons. The summed E-state index contributed by atoms with van der Waals surface area (Å²) in [6, 6.07) is 17.0. The quantitative estimate of drug-likeness (QED) is 0.390. The average Bonchev–Trinajstić information content (AvgIpc) is 3.44. The zero-order chi connectivity index (χ0) is 30.0. The Morgan fingerprint density at radius 1 is 0.952 bits per heavy atom. The van der Waals surface area contributed by atoms with E-state index in [0.717, 1.165) is 22.4 Å². The minimum atomic E-state index is -0.713. The molecule has 0 unspecified atom stereocenters. The fourth-order valence-electron chi connectivity index (χ4n) is 6.53. The first-order valence-corrected chi connectivity index (χ1v) is 14.5. The molecule has 0 radical (unpaired) electrons. The van der Waals surface area contributed by atoms with E-state index in [4.69, 9.17) is 4.74 Å². The van der Waals surface area contributed by atoms with E-state index in [1.54, 1.807) is 4.90 Å². The number of benzene rings is 3. The standard InChI is InChI=1S/C33H37F2N3O4/c1-4-26-18-36(31(33(41)42-3)16-22-9-10-23-7-5-6-8-24(23)15-22)13-14-38(26)32(40)29-20-37(21(2)39)19-28(29)27-12-11-25(34)17-30(27)35/h5-12,15,17,26,28-29,31H,4,13-14,16,18-20H2,1-3H3/t26-,28-,29+,31-/m0/s1. The number of amides is 2. The van der Waals surface area contributed by atoms with Gasteiger partial charge in [-0.3, -0.25) is 19.3 Å². The molecular weight excluding hydrogens is 540 g/mol. The average molecular weight is 578 g/mol. The number of halogens is 2. The van der Waals surface area contributed by atoms with E-state index in [9.17, 15) is 23.2 Å². The molecule has 2 saturated heterocycles. The van der Waals surface area contributed by atoms with Crippen LogP contribution in [0.4, 0.5) is 8.78 Å². The Kier molecular flexibility index (Phi) is 8.87. The summed E-state index contributed by atoms with van der Waals surface area (Å²) in [4.78, 5) is 44.8. The van der Waals surface area contributed by atoms with Crippen LogP contribution in [-0.2, 0) is 25.5 Å². The van der Waals surface area contributed by atoms with Gasteiger partial charge in [-0.05, 0) is 40.8 Å². The third kappa shape index (κ3) is 6.02. The number of methoxy groups -OCH3 is 1. The topological polar surface area (TPSA) is 70.2 Å². The van der Waals surface area contributed by atoms with Crippen molar-refractivity contribution in [2.75, 3.05) is 39.8 Å². The molecule has 0 spiro atoms. The largest absolute Gasteiger partial charge is 0.468 e. The normalized spacial score (nSPS) is 21.9. The van der Waals surface area contributed by atoms with Gasteiger partial charge in [0.1, 0.15) is 17.7 Å². The van der Waals surface area contributed by atoms with E-state index in [1.807, 2.05) is 42.2 Å². The number of nitrogens with zero attached hydrogens (tertiary/aromatic N) is 3. The Hall–Kier alpha value is -3.85. The van der Waals surface area contributed by atoms with Crippen molar-refractivity contribution in [1.82, 2.24) is 14.7 Å². The van der Waals surface area contributed by atoms with E-state index in [-0.39, 0.29) is 42.5 Å². The second-order valence-electron chi connectivity index (χ2n) is 11.3. The van der Waals surface area contributed by atoms with Gasteiger partial charge in [-0.25, -0.2) is 8.78 Å². The van der Waals surface area contributed by atoms with Crippen LogP contribution in [0.3, 0.4) is 0 Å². The maximum absolute atomic E-state index is 14.8. The summed E-state index contributed by atoms with van der Waals surface area (Å²) in [5.74, 6) is -3.29. The van der Waals surface area contributed by atoms with Crippen molar-refractivity contribution in [3.8, 4) is 0 Å². The summed E-state index contributed by atoms with van der Waals surface area (Å²) in [5.41, 5.74) is 1.27. The van der Waals surface area contributed by atoms with Crippen LogP contribution in [0.25, 0.3) is 10.8 Å². The van der Waals surface area contributed by atoms with E-state index in [0.29, 0.717) is 32.5 Å². The molecule has 2 amide bonds. The molecule has 0 aromatic heterocycles. The highest BCUT2D eigenvalue weighted by atomic mass is 19.1. The maximum Gasteiger partial charge on any atom is 0.323 e. The van der Waals surface area contributed by atoms with Crippen LogP contribution in [0.2, 0.25) is 0 Å². The monoisotopic (exact) mass is 577 g/mol. The molecule has 0 aliphatic carbocycles. The van der Waals surface area contributed by atoms with Gasteiger partial charge in [0.25, 0.3) is 0 Å². The molecule has 2 aliphatic rings. The van der Waals surface area contributed by atoms with Crippen LogP contribution in [0.15, 0.2) is 60.7 Å². The maximum atomic E-state index is 14.8. The highest BCUT2D eigenvalue weighted by Gasteiger charge is 2.45. The number of esters is 1. The molecule has 9 heteroatoms. The molecule has 0 saturated carbocycles. The molecule has 2 aliphatic heterocycles. The fraction of sp³-hybridized carbons (Fsp3) is 0.424. The number of likely N-dealkylation sites (tertiary alicyclic amines) is 1. The Labute approximate surface area is 245 Å². The summed E-state index contributed by atoms with van der Waals surface area (Å²) < 4.78 is 33.7. The molecule has 42 heavy (non-hydrogen) atoms. The zero-order valence-corrected chi connectivity index (χ0v) is 24.3. The van der Waals surface area contributed by atoms with E-state index in [2.05, 4.69) is 17.0 Å². The Bertz CT molecular complexity index is 1480. The molecule has 0 N–H and O–H groups in total. The molecule has 7 nitrogen and oxygen atoms in total. The third-order valence-corrected chi connectivity index (χ3v) is 8.87. The smallest absolute Gasteiger partial charge is 0.323 e. The number of carbonyl (C=O) groups is 3. The summed E-state index contributed by atoms with van der Waals surface area (Å²) in [7, 11) is 1.39. The number of ether oxygens (including phenoxy) is 1. The van der Waals surface area contributed by atoms with Crippen LogP contribution >= 0.6 is 0 Å². The minimum absolute atomic E-state index is 0.150. The van der Waals surface area contributed by atoms with Crippen molar-refractivity contribution in [1.29, 1.82) is 0 Å². The lowest BCUT2D eigenvalue weighted by Crippen LogP contribution is -2.60. The lowest BCUT2D eigenvalue weighted by atomic mass is 9.86. The van der Waals surface area contributed by atoms with Crippen molar-refractivity contribution in [3.63, 3.8) is 0 Å². The highest BCUT2D eigenvalue weighted by Crippen LogP contribution is 2.36. The SMILES string of the molecule is CC[C@H]1CN([C@@H](Cc2ccc3ccccc3c2)C(=O)OC)CCN1C(=O)[C@@H]1CN(C(C)=O)C[C@H]1c1ccc(F)cc1F. The molecular formula is C33H37F2N3O4. The van der Waals surface area contributed by atoms with Crippen molar-refractivity contribution in [2.45, 2.75) is 44.7 Å². The number of hydrogen-bond donors (Lipinski definition) is 0. The van der Waals surface area contributed by atoms with Crippen LogP contribution in [0, 0.1) is 17.6 Å². The Morgan fingerprint density at radius 3 is 2.40 bits per heavy atom. The fourth-order valence-corrected chi connectivity index (χ4v) is 6.53. The van der Waals surface area contributed by atoms with Gasteiger partial charge < -0.3 is 14.5 Å². The van der Waals surface area contributed by atoms with Crippen molar-refractivity contribution >= 4 is 28.6 Å². The second-order valence-corrected chi connectivity index (χ2v) is 11.3. The van der Waals surface area contributed by atoms with Crippen LogP contribution in [-0.4, -0.2) is 84.4 Å². The second kappa shape index (κ2) is 12.6. The van der Waals surface area contributed by atoms with Gasteiger partial charge in [0.2, 0.25) is 11.8 Å². The van der Waals surface area contributed by atoms with Crippen molar-refractivity contribution in [3.05, 3.63) is 83.4 Å². The Balaban J connectivity index is 1.35. The zero-order valence-electron chi connectivity index (χ0n) is 24.3. The summed E-state index contributed by atoms with van der Waals surface area (Å²) in [6.45, 7) is 5.14. The van der Waals surface area contributed by atoms with Crippen molar-refractivity contribution in [2.24, 2.45) is 5.92 Å². The molecule has 3 aromatic rings. The van der Waals surface area contributed by atoms with Crippen LogP contribution < -0.4 is 0 Å². The van der Waals surface area contributed by atoms with E-state index < -0.39 is 29.5 Å². The predicted molar refractivity (Wildman–Crippen MR) is 156 cm³/mol. The van der Waals surface area contributed by atoms with E-state index in [1.165, 1.54) is 26.2 Å². The third-order valence-electron chi connectivity index (χ3n) is 8.87. The number of piperazine rings is 1. The minimum Gasteiger partial charge on any atom is -0.468 e. The Morgan fingerprint density at radius 2 is 1.71 bits per heavy atom. The molecule has 2 heterocycles. The summed E-state index contributed by atoms with van der Waals surface area (Å²) in [6.07, 6.45) is 1.13. The van der Waals surface area contributed by atoms with Gasteiger partial charge in [0.05, 0.1) is 13.0 Å². The van der Waals surface area contributed by atoms with Gasteiger partial charge >= 0.3 is 5.97 Å².